The SMILES string of the molecule is Cc1ccccc1[C@@H](C)NC(=O)C1CC(C)CC1C(=O)O. The largest absolute Gasteiger partial charge is 0.481 e. The van der Waals surface area contributed by atoms with E-state index in [9.17, 15) is 14.7 Å². The Bertz CT molecular complexity index is 541. The molecule has 21 heavy (non-hydrogen) atoms. The second-order valence-corrected chi connectivity index (χ2v) is 6.21. The lowest BCUT2D eigenvalue weighted by Crippen LogP contribution is -2.36. The molecule has 4 atom stereocenters. The van der Waals surface area contributed by atoms with Crippen molar-refractivity contribution in [3.05, 3.63) is 35.4 Å². The van der Waals surface area contributed by atoms with Gasteiger partial charge in [0.25, 0.3) is 0 Å². The predicted octanol–water partition coefficient (Wildman–Crippen LogP) is 2.92. The number of carboxylic acid groups (broad SMARTS) is 1. The number of rotatable bonds is 4. The van der Waals surface area contributed by atoms with Crippen LogP contribution in [0.2, 0.25) is 0 Å². The first-order chi connectivity index (χ1) is 9.90. The zero-order chi connectivity index (χ0) is 15.6. The summed E-state index contributed by atoms with van der Waals surface area (Å²) in [6.07, 6.45) is 1.25. The van der Waals surface area contributed by atoms with Crippen LogP contribution >= 0.6 is 0 Å². The fourth-order valence-corrected chi connectivity index (χ4v) is 3.33. The van der Waals surface area contributed by atoms with Gasteiger partial charge in [-0.25, -0.2) is 0 Å². The first kappa shape index (κ1) is 15.5. The van der Waals surface area contributed by atoms with E-state index in [0.717, 1.165) is 11.1 Å². The molecule has 1 saturated carbocycles. The molecule has 4 heteroatoms. The van der Waals surface area contributed by atoms with E-state index in [1.807, 2.05) is 45.0 Å². The van der Waals surface area contributed by atoms with Gasteiger partial charge in [0.1, 0.15) is 0 Å². The number of aliphatic carboxylic acids is 1. The molecule has 0 heterocycles. The minimum Gasteiger partial charge on any atom is -0.481 e. The zero-order valence-corrected chi connectivity index (χ0v) is 12.8. The maximum atomic E-state index is 12.4. The first-order valence-electron chi connectivity index (χ1n) is 7.48. The lowest BCUT2D eigenvalue weighted by Gasteiger charge is -2.21. The highest BCUT2D eigenvalue weighted by molar-refractivity contribution is 5.85. The summed E-state index contributed by atoms with van der Waals surface area (Å²) < 4.78 is 0. The minimum absolute atomic E-state index is 0.107. The quantitative estimate of drug-likeness (QED) is 0.895. The molecule has 1 aliphatic rings. The average molecular weight is 289 g/mol. The van der Waals surface area contributed by atoms with Gasteiger partial charge in [-0.2, -0.15) is 0 Å². The molecule has 1 aromatic carbocycles. The molecule has 114 valence electrons. The summed E-state index contributed by atoms with van der Waals surface area (Å²) in [4.78, 5) is 23.7. The second kappa shape index (κ2) is 6.29. The van der Waals surface area contributed by atoms with Crippen molar-refractivity contribution < 1.29 is 14.7 Å². The van der Waals surface area contributed by atoms with Gasteiger partial charge in [-0.15, -0.1) is 0 Å². The maximum Gasteiger partial charge on any atom is 0.307 e. The van der Waals surface area contributed by atoms with E-state index in [0.29, 0.717) is 12.8 Å². The smallest absolute Gasteiger partial charge is 0.307 e. The van der Waals surface area contributed by atoms with Crippen LogP contribution in [0.5, 0.6) is 0 Å². The molecule has 1 aromatic rings. The Hall–Kier alpha value is -1.84. The van der Waals surface area contributed by atoms with Crippen molar-refractivity contribution in [2.45, 2.75) is 39.7 Å². The summed E-state index contributed by atoms with van der Waals surface area (Å²) in [7, 11) is 0. The van der Waals surface area contributed by atoms with Crippen molar-refractivity contribution in [3.8, 4) is 0 Å². The summed E-state index contributed by atoms with van der Waals surface area (Å²) in [6, 6.07) is 7.81. The highest BCUT2D eigenvalue weighted by atomic mass is 16.4. The third-order valence-corrected chi connectivity index (χ3v) is 4.47. The van der Waals surface area contributed by atoms with Crippen molar-refractivity contribution in [2.24, 2.45) is 17.8 Å². The number of carboxylic acids is 1. The molecule has 1 fully saturated rings. The summed E-state index contributed by atoms with van der Waals surface area (Å²) >= 11 is 0. The topological polar surface area (TPSA) is 66.4 Å². The van der Waals surface area contributed by atoms with Crippen LogP contribution < -0.4 is 5.32 Å². The Morgan fingerprint density at radius 2 is 1.86 bits per heavy atom. The first-order valence-corrected chi connectivity index (χ1v) is 7.48. The molecule has 1 amide bonds. The van der Waals surface area contributed by atoms with Crippen molar-refractivity contribution in [3.63, 3.8) is 0 Å². The number of nitrogens with one attached hydrogen (secondary N) is 1. The van der Waals surface area contributed by atoms with Crippen LogP contribution in [0, 0.1) is 24.7 Å². The third-order valence-electron chi connectivity index (χ3n) is 4.47. The molecule has 0 bridgehead atoms. The Labute approximate surface area is 125 Å². The van der Waals surface area contributed by atoms with Crippen molar-refractivity contribution >= 4 is 11.9 Å². The highest BCUT2D eigenvalue weighted by Gasteiger charge is 2.41. The summed E-state index contributed by atoms with van der Waals surface area (Å²) in [5.41, 5.74) is 2.20. The lowest BCUT2D eigenvalue weighted by molar-refractivity contribution is -0.146. The molecular weight excluding hydrogens is 266 g/mol. The van der Waals surface area contributed by atoms with Crippen LogP contribution in [-0.4, -0.2) is 17.0 Å². The van der Waals surface area contributed by atoms with E-state index >= 15 is 0 Å². The van der Waals surface area contributed by atoms with Gasteiger partial charge in [-0.1, -0.05) is 31.2 Å². The van der Waals surface area contributed by atoms with Crippen molar-refractivity contribution in [1.82, 2.24) is 5.32 Å². The van der Waals surface area contributed by atoms with Crippen LogP contribution in [0.15, 0.2) is 24.3 Å². The van der Waals surface area contributed by atoms with Crippen molar-refractivity contribution in [2.75, 3.05) is 0 Å². The molecule has 2 rings (SSSR count). The summed E-state index contributed by atoms with van der Waals surface area (Å²) in [6.45, 7) is 5.96. The van der Waals surface area contributed by atoms with Gasteiger partial charge in [0.05, 0.1) is 17.9 Å². The van der Waals surface area contributed by atoms with Gasteiger partial charge in [0.2, 0.25) is 5.91 Å². The molecule has 3 unspecified atom stereocenters. The zero-order valence-electron chi connectivity index (χ0n) is 12.8. The number of benzene rings is 1. The Morgan fingerprint density at radius 3 is 2.48 bits per heavy atom. The predicted molar refractivity (Wildman–Crippen MR) is 80.8 cm³/mol. The number of hydrogen-bond donors (Lipinski definition) is 2. The van der Waals surface area contributed by atoms with E-state index in [4.69, 9.17) is 0 Å². The Morgan fingerprint density at radius 1 is 1.24 bits per heavy atom. The lowest BCUT2D eigenvalue weighted by atomic mass is 9.94. The minimum atomic E-state index is -0.858. The monoisotopic (exact) mass is 289 g/mol. The van der Waals surface area contributed by atoms with Gasteiger partial charge >= 0.3 is 5.97 Å². The van der Waals surface area contributed by atoms with Crippen LogP contribution in [0.25, 0.3) is 0 Å². The summed E-state index contributed by atoms with van der Waals surface area (Å²) in [5, 5.41) is 12.2. The standard InChI is InChI=1S/C17H23NO3/c1-10-8-14(15(9-10)17(20)21)16(19)18-12(3)13-7-5-4-6-11(13)2/h4-7,10,12,14-15H,8-9H2,1-3H3,(H,18,19)(H,20,21)/t10?,12-,14?,15?/m1/s1. The molecule has 0 aromatic heterocycles. The third kappa shape index (κ3) is 3.43. The van der Waals surface area contributed by atoms with Gasteiger partial charge in [0.15, 0.2) is 0 Å². The molecule has 4 nitrogen and oxygen atoms in total. The van der Waals surface area contributed by atoms with Crippen LogP contribution in [0.4, 0.5) is 0 Å². The second-order valence-electron chi connectivity index (χ2n) is 6.21. The van der Waals surface area contributed by atoms with E-state index in [1.165, 1.54) is 0 Å². The molecule has 0 aliphatic heterocycles. The van der Waals surface area contributed by atoms with Crippen LogP contribution in [0.3, 0.4) is 0 Å². The fourth-order valence-electron chi connectivity index (χ4n) is 3.33. The van der Waals surface area contributed by atoms with E-state index in [2.05, 4.69) is 5.32 Å². The maximum absolute atomic E-state index is 12.4. The van der Waals surface area contributed by atoms with Crippen LogP contribution in [-0.2, 0) is 9.59 Å². The average Bonchev–Trinajstić information content (AvgIpc) is 2.81. The molecule has 1 aliphatic carbocycles. The molecule has 2 N–H and O–H groups in total. The Kier molecular flexibility index (Phi) is 4.66. The van der Waals surface area contributed by atoms with E-state index in [-0.39, 0.29) is 17.9 Å². The number of carbonyl (C=O) groups excluding carboxylic acids is 1. The highest BCUT2D eigenvalue weighted by Crippen LogP contribution is 2.37. The number of hydrogen-bond acceptors (Lipinski definition) is 2. The van der Waals surface area contributed by atoms with E-state index < -0.39 is 17.8 Å². The van der Waals surface area contributed by atoms with Crippen molar-refractivity contribution in [1.29, 1.82) is 0 Å². The molecule has 0 saturated heterocycles. The molecule has 0 radical (unpaired) electrons. The van der Waals surface area contributed by atoms with Gasteiger partial charge in [0, 0.05) is 0 Å². The number of aryl methyl sites for hydroxylation is 1. The molecule has 0 spiro atoms. The van der Waals surface area contributed by atoms with Gasteiger partial charge < -0.3 is 10.4 Å². The normalized spacial score (nSPS) is 26.3. The van der Waals surface area contributed by atoms with Gasteiger partial charge in [-0.3, -0.25) is 9.59 Å². The number of amides is 1. The van der Waals surface area contributed by atoms with E-state index in [1.54, 1.807) is 0 Å². The summed E-state index contributed by atoms with van der Waals surface area (Å²) in [5.74, 6) is -1.67. The van der Waals surface area contributed by atoms with Gasteiger partial charge in [-0.05, 0) is 43.7 Å². The number of carbonyl (C=O) groups is 2. The fraction of sp³-hybridized carbons (Fsp3) is 0.529. The molecular formula is C17H23NO3. The Balaban J connectivity index is 2.07. The van der Waals surface area contributed by atoms with Crippen LogP contribution in [0.1, 0.15) is 43.9 Å².